The molecule has 3 heteroatoms. The zero-order valence-electron chi connectivity index (χ0n) is 9.89. The van der Waals surface area contributed by atoms with Crippen LogP contribution in [0.25, 0.3) is 0 Å². The van der Waals surface area contributed by atoms with Crippen molar-refractivity contribution in [2.75, 3.05) is 0 Å². The van der Waals surface area contributed by atoms with Crippen LogP contribution < -0.4 is 0 Å². The lowest BCUT2D eigenvalue weighted by molar-refractivity contribution is -0.217. The van der Waals surface area contributed by atoms with Gasteiger partial charge in [0.1, 0.15) is 5.41 Å². The molecule has 2 nitrogen and oxygen atoms in total. The van der Waals surface area contributed by atoms with Crippen LogP contribution in [0, 0.1) is 0 Å². The quantitative estimate of drug-likeness (QED) is 0.484. The molecule has 0 aliphatic heterocycles. The molecule has 0 aromatic heterocycles. The van der Waals surface area contributed by atoms with Gasteiger partial charge in [0, 0.05) is 0 Å². The van der Waals surface area contributed by atoms with Crippen LogP contribution in [0.15, 0.2) is 0 Å². The molecule has 0 N–H and O–H groups in total. The number of ether oxygens (including phenoxy) is 2. The molecule has 0 bridgehead atoms. The van der Waals surface area contributed by atoms with Crippen LogP contribution in [0.4, 0.5) is 0 Å². The average Bonchev–Trinajstić information content (AvgIpc) is 1.81. The highest BCUT2D eigenvalue weighted by Gasteiger charge is 2.26. The Bertz CT molecular complexity index is 125. The van der Waals surface area contributed by atoms with Gasteiger partial charge >= 0.3 is 0 Å². The van der Waals surface area contributed by atoms with Gasteiger partial charge in [0.05, 0.1) is 22.5 Å². The second-order valence-electron chi connectivity index (χ2n) is 4.22. The van der Waals surface area contributed by atoms with E-state index in [0.29, 0.717) is 0 Å². The van der Waals surface area contributed by atoms with Gasteiger partial charge in [-0.1, -0.05) is 13.3 Å². The van der Waals surface area contributed by atoms with E-state index in [1.54, 1.807) is 0 Å². The molecule has 0 fully saturated rings. The van der Waals surface area contributed by atoms with Crippen LogP contribution >= 0.6 is 0 Å². The molecule has 0 saturated carbocycles. The van der Waals surface area contributed by atoms with Crippen molar-refractivity contribution in [2.45, 2.75) is 65.1 Å². The van der Waals surface area contributed by atoms with Gasteiger partial charge < -0.3 is 9.47 Å². The van der Waals surface area contributed by atoms with Crippen molar-refractivity contribution in [3.8, 4) is 0 Å². The summed E-state index contributed by atoms with van der Waals surface area (Å²) in [6.45, 7) is 10.4. The van der Waals surface area contributed by atoms with Gasteiger partial charge in [-0.2, -0.15) is 0 Å². The minimum Gasteiger partial charge on any atom is -0.352 e. The first-order chi connectivity index (χ1) is 5.89. The molecule has 80 valence electrons. The molecule has 13 heavy (non-hydrogen) atoms. The van der Waals surface area contributed by atoms with E-state index in [9.17, 15) is 0 Å². The first-order valence-electron chi connectivity index (χ1n) is 5.25. The maximum atomic E-state index is 5.83. The maximum absolute atomic E-state index is 5.83. The molecule has 0 saturated heterocycles. The summed E-state index contributed by atoms with van der Waals surface area (Å²) in [6, 6.07) is 0. The molecule has 0 spiro atoms. The normalized spacial score (nSPS) is 13.2. The molecule has 0 aromatic carbocycles. The summed E-state index contributed by atoms with van der Waals surface area (Å²) < 4.78 is 11.7. The van der Waals surface area contributed by atoms with Crippen LogP contribution in [0.5, 0.6) is 0 Å². The van der Waals surface area contributed by atoms with Crippen molar-refractivity contribution in [1.82, 2.24) is 0 Å². The molecule has 0 aromatic rings. The van der Waals surface area contributed by atoms with E-state index in [1.807, 2.05) is 0 Å². The lowest BCUT2D eigenvalue weighted by Crippen LogP contribution is -2.40. The Morgan fingerprint density at radius 3 is 1.69 bits per heavy atom. The molecule has 0 heterocycles. The standard InChI is InChI=1S/C10H24O2Si/c1-6-7-10(13,11-8(2)3)12-9(4)5/h8-9H,6-7H2,1-5,13H3. The molecule has 0 rings (SSSR count). The van der Waals surface area contributed by atoms with Crippen LogP contribution in [-0.2, 0) is 9.47 Å². The summed E-state index contributed by atoms with van der Waals surface area (Å²) in [5.41, 5.74) is -0.267. The van der Waals surface area contributed by atoms with Gasteiger partial charge in [-0.05, 0) is 34.1 Å². The summed E-state index contributed by atoms with van der Waals surface area (Å²) in [7, 11) is 0.929. The van der Waals surface area contributed by atoms with E-state index in [2.05, 4.69) is 34.6 Å². The Morgan fingerprint density at radius 1 is 1.08 bits per heavy atom. The van der Waals surface area contributed by atoms with Crippen molar-refractivity contribution in [2.24, 2.45) is 0 Å². The van der Waals surface area contributed by atoms with Gasteiger partial charge in [0.15, 0.2) is 0 Å². The van der Waals surface area contributed by atoms with Crippen molar-refractivity contribution >= 4 is 10.2 Å². The summed E-state index contributed by atoms with van der Waals surface area (Å²) in [5.74, 6) is 0. The van der Waals surface area contributed by atoms with Crippen LogP contribution in [-0.4, -0.2) is 27.9 Å². The lowest BCUT2D eigenvalue weighted by atomic mass is 10.3. The SMILES string of the molecule is CCCC([SiH3])(OC(C)C)OC(C)C. The van der Waals surface area contributed by atoms with Gasteiger partial charge in [-0.3, -0.25) is 0 Å². The van der Waals surface area contributed by atoms with Crippen LogP contribution in [0.3, 0.4) is 0 Å². The fourth-order valence-corrected chi connectivity index (χ4v) is 3.04. The van der Waals surface area contributed by atoms with Crippen LogP contribution in [0.2, 0.25) is 0 Å². The molecule has 0 atom stereocenters. The number of hydrogen-bond donors (Lipinski definition) is 0. The Balaban J connectivity index is 4.15. The fourth-order valence-electron chi connectivity index (χ4n) is 1.60. The molecular formula is C10H24O2Si. The van der Waals surface area contributed by atoms with Crippen LogP contribution in [0.1, 0.15) is 47.5 Å². The van der Waals surface area contributed by atoms with Gasteiger partial charge in [-0.25, -0.2) is 0 Å². The van der Waals surface area contributed by atoms with Crippen molar-refractivity contribution in [3.63, 3.8) is 0 Å². The molecule has 0 amide bonds. The summed E-state index contributed by atoms with van der Waals surface area (Å²) in [5, 5.41) is 0. The highest BCUT2D eigenvalue weighted by atomic mass is 28.1. The maximum Gasteiger partial charge on any atom is 0.142 e. The highest BCUT2D eigenvalue weighted by Crippen LogP contribution is 2.20. The van der Waals surface area contributed by atoms with E-state index < -0.39 is 0 Å². The van der Waals surface area contributed by atoms with Crippen molar-refractivity contribution in [3.05, 3.63) is 0 Å². The molecule has 0 radical (unpaired) electrons. The third-order valence-electron chi connectivity index (χ3n) is 1.67. The zero-order valence-corrected chi connectivity index (χ0v) is 11.9. The largest absolute Gasteiger partial charge is 0.352 e. The molecule has 0 unspecified atom stereocenters. The fraction of sp³-hybridized carbons (Fsp3) is 1.00. The minimum atomic E-state index is -0.267. The van der Waals surface area contributed by atoms with Gasteiger partial charge in [-0.15, -0.1) is 0 Å². The molecule has 0 aliphatic carbocycles. The number of hydrogen-bond acceptors (Lipinski definition) is 2. The Labute approximate surface area is 85.4 Å². The summed E-state index contributed by atoms with van der Waals surface area (Å²) in [6.07, 6.45) is 2.63. The predicted molar refractivity (Wildman–Crippen MR) is 60.0 cm³/mol. The van der Waals surface area contributed by atoms with E-state index in [-0.39, 0.29) is 17.6 Å². The van der Waals surface area contributed by atoms with E-state index in [4.69, 9.17) is 9.47 Å². The average molecular weight is 204 g/mol. The summed E-state index contributed by atoms with van der Waals surface area (Å²) in [4.78, 5) is 0. The minimum absolute atomic E-state index is 0.253. The third-order valence-corrected chi connectivity index (χ3v) is 2.65. The zero-order chi connectivity index (χ0) is 10.5. The molecule has 0 aliphatic rings. The van der Waals surface area contributed by atoms with E-state index in [0.717, 1.165) is 23.1 Å². The monoisotopic (exact) mass is 204 g/mol. The predicted octanol–water partition coefficient (Wildman–Crippen LogP) is 1.66. The topological polar surface area (TPSA) is 18.5 Å². The Kier molecular flexibility index (Phi) is 5.84. The highest BCUT2D eigenvalue weighted by molar-refractivity contribution is 6.13. The first-order valence-corrected chi connectivity index (χ1v) is 6.25. The van der Waals surface area contributed by atoms with E-state index >= 15 is 0 Å². The Morgan fingerprint density at radius 2 is 1.46 bits per heavy atom. The second kappa shape index (κ2) is 5.78. The smallest absolute Gasteiger partial charge is 0.142 e. The molecular weight excluding hydrogens is 180 g/mol. The second-order valence-corrected chi connectivity index (χ2v) is 5.74. The first kappa shape index (κ1) is 13.1. The number of rotatable bonds is 6. The van der Waals surface area contributed by atoms with Gasteiger partial charge in [0.25, 0.3) is 0 Å². The van der Waals surface area contributed by atoms with Gasteiger partial charge in [0.2, 0.25) is 0 Å². The van der Waals surface area contributed by atoms with Crippen molar-refractivity contribution in [1.29, 1.82) is 0 Å². The lowest BCUT2D eigenvalue weighted by Gasteiger charge is -2.34. The van der Waals surface area contributed by atoms with E-state index in [1.165, 1.54) is 0 Å². The van der Waals surface area contributed by atoms with Crippen molar-refractivity contribution < 1.29 is 9.47 Å². The summed E-state index contributed by atoms with van der Waals surface area (Å²) >= 11 is 0. The third kappa shape index (κ3) is 6.24. The Hall–Kier alpha value is 0.137.